The van der Waals surface area contributed by atoms with Gasteiger partial charge in [-0.15, -0.1) is 0 Å². The van der Waals surface area contributed by atoms with Gasteiger partial charge in [0.1, 0.15) is 58.0 Å². The smallest absolute Gasteiger partial charge is 0.358 e. The molecule has 530 valence electrons. The van der Waals surface area contributed by atoms with Crippen LogP contribution in [0.3, 0.4) is 0 Å². The molecule has 5 aromatic carbocycles. The summed E-state index contributed by atoms with van der Waals surface area (Å²) in [6.07, 6.45) is 0.483. The molecule has 0 spiro atoms. The predicted octanol–water partition coefficient (Wildman–Crippen LogP) is 7.46. The van der Waals surface area contributed by atoms with E-state index >= 15 is 0 Å². The summed E-state index contributed by atoms with van der Waals surface area (Å²) >= 11 is 3.07. The van der Waals surface area contributed by atoms with E-state index in [-0.39, 0.29) is 82.7 Å². The number of aldehydes is 1. The zero-order valence-corrected chi connectivity index (χ0v) is 54.3. The molecule has 10 aromatic rings. The van der Waals surface area contributed by atoms with Crippen LogP contribution in [0, 0.1) is 56.7 Å². The number of nitrogens with zero attached hydrogens (tertiary/aromatic N) is 9. The molecule has 0 radical (unpaired) electrons. The lowest BCUT2D eigenvalue weighted by Crippen LogP contribution is -2.25. The van der Waals surface area contributed by atoms with E-state index in [1.807, 2.05) is 5.10 Å². The molecule has 0 saturated heterocycles. The number of carbonyl (C=O) groups excluding carboxylic acids is 4. The lowest BCUT2D eigenvalue weighted by atomic mass is 10.2. The molecular formula is C64H55BrF8N12O16. The van der Waals surface area contributed by atoms with Crippen LogP contribution in [0.5, 0.6) is 0 Å². The molecule has 10 rings (SSSR count). The fraction of sp³-hybridized carbons (Fsp3) is 0.141. The Labute approximate surface area is 570 Å². The van der Waals surface area contributed by atoms with E-state index in [1.54, 1.807) is 12.1 Å². The number of nitro benzene ring substituents is 1. The number of aliphatic hydroxyl groups excluding tert-OH is 1. The standard InChI is InChI=1S/C13H10F2N2O3.C12H10F2N2O2.C12H8F2N2O2.C7H5BrF2.C6H6N2O3.C6H6N2O2.C5H4N2O3.C3H6O/c1-20-13(19)11-4-5-12(18)17(16-11)7-8-2-3-9(14)6-10(8)15;2*13-9-2-1-8(11(14)5-9)6-16-12(18)4-3-10(7-17)15-16;8-4-5-1-2-6(9)3-7(5)10;1-11-6(10)4-2-3-5(9)8-7-4;7-5-2-1-3-6(4-5)8(9)10;8-4-2-1-3(5(9)10)6-7-4;1-3(2)4/h2-6H,7H2,1H3;1-5,17H,6-7H2;1-5,7H,6H2;1-3H,4H2;2-3H,1H3,(H,8,9);1-4H,7H2;1-2H,(H,7,8)(H,9,10);1-2H3. The van der Waals surface area contributed by atoms with Gasteiger partial charge in [0.2, 0.25) is 0 Å². The van der Waals surface area contributed by atoms with Crippen molar-refractivity contribution >= 4 is 57.3 Å². The first-order valence-corrected chi connectivity index (χ1v) is 29.0. The quantitative estimate of drug-likeness (QED) is 0.0142. The first-order valence-electron chi connectivity index (χ1n) is 27.9. The molecule has 5 aromatic heterocycles. The lowest BCUT2D eigenvalue weighted by Gasteiger charge is -2.07. The average molecular weight is 1480 g/mol. The topological polar surface area (TPSA) is 410 Å². The van der Waals surface area contributed by atoms with Crippen LogP contribution in [0.25, 0.3) is 0 Å². The minimum Gasteiger partial charge on any atom is -0.476 e. The maximum Gasteiger partial charge on any atom is 0.358 e. The third-order valence-electron chi connectivity index (χ3n) is 11.6. The highest BCUT2D eigenvalue weighted by molar-refractivity contribution is 9.08. The minimum absolute atomic E-state index is 0.0278. The van der Waals surface area contributed by atoms with Gasteiger partial charge in [-0.2, -0.15) is 25.5 Å². The van der Waals surface area contributed by atoms with E-state index in [4.69, 9.17) is 15.9 Å². The van der Waals surface area contributed by atoms with E-state index in [9.17, 15) is 93.2 Å². The summed E-state index contributed by atoms with van der Waals surface area (Å²) < 4.78 is 115. The highest BCUT2D eigenvalue weighted by Crippen LogP contribution is 2.16. The number of non-ortho nitro benzene ring substituents is 1. The summed E-state index contributed by atoms with van der Waals surface area (Å²) in [4.78, 5) is 117. The summed E-state index contributed by atoms with van der Waals surface area (Å²) in [5.74, 6) is -7.69. The van der Waals surface area contributed by atoms with E-state index in [1.165, 1.54) is 107 Å². The van der Waals surface area contributed by atoms with Crippen LogP contribution in [0.15, 0.2) is 182 Å². The maximum absolute atomic E-state index is 13.5. The number of anilines is 1. The number of aromatic nitrogens is 10. The molecule has 0 aliphatic carbocycles. The molecule has 5 heterocycles. The molecule has 37 heteroatoms. The summed E-state index contributed by atoms with van der Waals surface area (Å²) in [5.41, 5.74) is 4.62. The number of carboxylic acids is 1. The number of aromatic carboxylic acids is 1. The van der Waals surface area contributed by atoms with Crippen LogP contribution in [-0.4, -0.2) is 109 Å². The van der Waals surface area contributed by atoms with Gasteiger partial charge in [-0.3, -0.25) is 38.9 Å². The van der Waals surface area contributed by atoms with E-state index in [2.05, 4.69) is 56.0 Å². The first kappa shape index (κ1) is 82.6. The number of nitrogens with two attached hydrogens (primary N) is 1. The van der Waals surface area contributed by atoms with Crippen molar-refractivity contribution in [1.29, 1.82) is 0 Å². The number of esters is 2. The van der Waals surface area contributed by atoms with Gasteiger partial charge in [0.15, 0.2) is 23.4 Å². The molecule has 0 amide bonds. The van der Waals surface area contributed by atoms with Gasteiger partial charge < -0.3 is 30.2 Å². The number of ketones is 1. The summed E-state index contributed by atoms with van der Waals surface area (Å²) in [6, 6.07) is 30.7. The van der Waals surface area contributed by atoms with Crippen molar-refractivity contribution in [3.05, 3.63) is 317 Å². The number of aliphatic hydroxyl groups is 1. The second kappa shape index (κ2) is 42.1. The second-order valence-electron chi connectivity index (χ2n) is 19.3. The Kier molecular flexibility index (Phi) is 34.4. The molecule has 101 heavy (non-hydrogen) atoms. The monoisotopic (exact) mass is 1480 g/mol. The number of nitro groups is 1. The second-order valence-corrected chi connectivity index (χ2v) is 19.9. The number of carbonyl (C=O) groups is 5. The van der Waals surface area contributed by atoms with Crippen molar-refractivity contribution in [3.8, 4) is 0 Å². The van der Waals surface area contributed by atoms with Gasteiger partial charge >= 0.3 is 17.9 Å². The number of halogens is 9. The third kappa shape index (κ3) is 29.7. The minimum atomic E-state index is -1.16. The number of Topliss-reactive ketones (excluding diaryl/α,β-unsaturated/α-hetero) is 1. The number of carboxylic acid groups (broad SMARTS) is 1. The van der Waals surface area contributed by atoms with E-state index in [0.29, 0.717) is 34.6 Å². The molecule has 28 nitrogen and oxygen atoms in total. The average Bonchev–Trinajstić information content (AvgIpc) is 0.945. The van der Waals surface area contributed by atoms with Crippen LogP contribution >= 0.6 is 15.9 Å². The third-order valence-corrected chi connectivity index (χ3v) is 12.2. The largest absolute Gasteiger partial charge is 0.476 e. The van der Waals surface area contributed by atoms with E-state index < -0.39 is 91.6 Å². The number of nitrogens with one attached hydrogen (secondary N) is 2. The van der Waals surface area contributed by atoms with Gasteiger partial charge in [0.05, 0.1) is 51.1 Å². The molecule has 6 N–H and O–H groups in total. The number of hydrogen-bond donors (Lipinski definition) is 5. The molecule has 0 unspecified atom stereocenters. The Morgan fingerprint density at radius 1 is 0.545 bits per heavy atom. The summed E-state index contributed by atoms with van der Waals surface area (Å²) in [7, 11) is 2.42. The van der Waals surface area contributed by atoms with Crippen LogP contribution in [-0.2, 0) is 45.8 Å². The maximum atomic E-state index is 13.5. The Hall–Kier alpha value is -12.7. The van der Waals surface area contributed by atoms with Gasteiger partial charge in [-0.1, -0.05) is 46.3 Å². The van der Waals surface area contributed by atoms with Crippen LogP contribution < -0.4 is 33.5 Å². The number of aromatic amines is 2. The van der Waals surface area contributed by atoms with Crippen LogP contribution in [0.4, 0.5) is 46.5 Å². The van der Waals surface area contributed by atoms with Crippen LogP contribution in [0.1, 0.15) is 83.7 Å². The van der Waals surface area contributed by atoms with Crippen molar-refractivity contribution in [2.75, 3.05) is 20.0 Å². The Balaban J connectivity index is 0.000000309. The molecule has 0 saturated carbocycles. The highest BCUT2D eigenvalue weighted by atomic mass is 79.9. The van der Waals surface area contributed by atoms with Crippen molar-refractivity contribution in [2.24, 2.45) is 0 Å². The van der Waals surface area contributed by atoms with Crippen molar-refractivity contribution in [1.82, 2.24) is 49.7 Å². The Morgan fingerprint density at radius 2 is 0.931 bits per heavy atom. The normalized spacial score (nSPS) is 9.84. The Bertz CT molecular complexity index is 4790. The fourth-order valence-electron chi connectivity index (χ4n) is 6.83. The SMILES string of the molecule is CC(C)=O.COC(=O)c1ccc(=O)[nH]n1.COC(=O)c1ccc(=O)n(Cc2ccc(F)cc2F)n1.Fc1ccc(CBr)c(F)c1.Nc1cccc([N+](=O)[O-])c1.O=C(O)c1ccc(=O)[nH]n1.O=Cc1ccc(=O)n(Cc2ccc(F)cc2F)n1.O=c1ccc(CO)nn1Cc1ccc(F)cc1F. The Morgan fingerprint density at radius 3 is 1.29 bits per heavy atom. The number of hydrogen-bond acceptors (Lipinski definition) is 21. The zero-order valence-electron chi connectivity index (χ0n) is 52.7. The van der Waals surface area contributed by atoms with Crippen LogP contribution in [0.2, 0.25) is 0 Å². The van der Waals surface area contributed by atoms with E-state index in [0.717, 1.165) is 74.7 Å². The molecular weight excluding hydrogens is 1420 g/mol. The van der Waals surface area contributed by atoms with Gasteiger partial charge in [-0.25, -0.2) is 73.7 Å². The lowest BCUT2D eigenvalue weighted by molar-refractivity contribution is -0.384. The molecule has 0 fully saturated rings. The predicted molar refractivity (Wildman–Crippen MR) is 345 cm³/mol. The summed E-state index contributed by atoms with van der Waals surface area (Å²) in [5, 5.41) is 49.8. The highest BCUT2D eigenvalue weighted by Gasteiger charge is 2.14. The number of nitrogen functional groups attached to an aromatic ring is 1. The molecule has 0 bridgehead atoms. The molecule has 0 atom stereocenters. The number of ether oxygens (including phenoxy) is 2. The number of benzene rings is 5. The molecule has 0 aliphatic heterocycles. The summed E-state index contributed by atoms with van der Waals surface area (Å²) in [6.45, 7) is 2.26. The van der Waals surface area contributed by atoms with Crippen molar-refractivity contribution < 1.29 is 83.7 Å². The fourth-order valence-corrected chi connectivity index (χ4v) is 7.29. The first-order chi connectivity index (χ1) is 47.8. The molecule has 0 aliphatic rings. The number of alkyl halides is 1. The van der Waals surface area contributed by atoms with Gasteiger partial charge in [0, 0.05) is 94.4 Å². The van der Waals surface area contributed by atoms with Crippen molar-refractivity contribution in [3.63, 3.8) is 0 Å². The number of rotatable bonds is 13. The number of methoxy groups -OCH3 is 2. The zero-order chi connectivity index (χ0) is 75.5. The number of H-pyrrole nitrogens is 2. The van der Waals surface area contributed by atoms with Gasteiger partial charge in [0.25, 0.3) is 33.5 Å². The van der Waals surface area contributed by atoms with Crippen molar-refractivity contribution in [2.45, 2.75) is 45.4 Å². The van der Waals surface area contributed by atoms with Gasteiger partial charge in [-0.05, 0) is 80.1 Å².